The number of nitrogens with zero attached hydrogens (tertiary/aromatic N) is 1. The first kappa shape index (κ1) is 22.3. The summed E-state index contributed by atoms with van der Waals surface area (Å²) in [7, 11) is 0. The van der Waals surface area contributed by atoms with Gasteiger partial charge in [-0.25, -0.2) is 10.2 Å². The van der Waals surface area contributed by atoms with Crippen molar-refractivity contribution in [3.8, 4) is 11.5 Å². The van der Waals surface area contributed by atoms with Crippen LogP contribution in [0.4, 0.5) is 0 Å². The van der Waals surface area contributed by atoms with Gasteiger partial charge in [-0.2, -0.15) is 5.10 Å². The molecule has 1 amide bonds. The predicted octanol–water partition coefficient (Wildman–Crippen LogP) is 5.84. The molecular weight excluding hydrogens is 463 g/mol. The van der Waals surface area contributed by atoms with E-state index < -0.39 is 11.9 Å². The number of hydrazone groups is 1. The Bertz CT molecular complexity index is 1400. The minimum absolute atomic E-state index is 0.105. The van der Waals surface area contributed by atoms with E-state index in [2.05, 4.69) is 10.5 Å². The van der Waals surface area contributed by atoms with Crippen LogP contribution in [0.15, 0.2) is 84.0 Å². The van der Waals surface area contributed by atoms with Crippen LogP contribution in [0, 0.1) is 0 Å². The summed E-state index contributed by atoms with van der Waals surface area (Å²) >= 11 is 11.9. The van der Waals surface area contributed by atoms with Crippen molar-refractivity contribution in [1.82, 2.24) is 5.43 Å². The maximum atomic E-state index is 12.4. The molecule has 0 heterocycles. The van der Waals surface area contributed by atoms with Crippen LogP contribution in [0.25, 0.3) is 10.8 Å². The number of benzene rings is 4. The predicted molar refractivity (Wildman–Crippen MR) is 129 cm³/mol. The average Bonchev–Trinajstić information content (AvgIpc) is 2.78. The number of phenols is 1. The van der Waals surface area contributed by atoms with E-state index in [1.54, 1.807) is 36.4 Å². The second kappa shape index (κ2) is 9.73. The van der Waals surface area contributed by atoms with Gasteiger partial charge in [0.25, 0.3) is 5.91 Å². The third-order valence-corrected chi connectivity index (χ3v) is 5.26. The molecule has 0 aliphatic carbocycles. The third kappa shape index (κ3) is 5.31. The van der Waals surface area contributed by atoms with Crippen LogP contribution in [-0.4, -0.2) is 23.2 Å². The molecule has 164 valence electrons. The first-order valence-corrected chi connectivity index (χ1v) is 10.5. The van der Waals surface area contributed by atoms with Crippen molar-refractivity contribution in [3.63, 3.8) is 0 Å². The number of carbonyl (C=O) groups is 2. The minimum Gasteiger partial charge on any atom is -0.507 e. The summed E-state index contributed by atoms with van der Waals surface area (Å²) in [6.07, 6.45) is 1.39. The number of ether oxygens (including phenoxy) is 1. The summed E-state index contributed by atoms with van der Waals surface area (Å²) in [6, 6.07) is 21.6. The zero-order valence-corrected chi connectivity index (χ0v) is 18.5. The van der Waals surface area contributed by atoms with Crippen molar-refractivity contribution >= 4 is 52.1 Å². The zero-order chi connectivity index (χ0) is 23.4. The molecule has 0 saturated carbocycles. The molecule has 0 atom stereocenters. The van der Waals surface area contributed by atoms with E-state index in [9.17, 15) is 14.7 Å². The van der Waals surface area contributed by atoms with Crippen LogP contribution in [-0.2, 0) is 0 Å². The van der Waals surface area contributed by atoms with Gasteiger partial charge in [0.1, 0.15) is 11.5 Å². The number of phenolic OH excluding ortho intramolecular Hbond substituents is 1. The van der Waals surface area contributed by atoms with E-state index in [1.165, 1.54) is 24.4 Å². The van der Waals surface area contributed by atoms with Gasteiger partial charge < -0.3 is 9.84 Å². The van der Waals surface area contributed by atoms with Gasteiger partial charge in [-0.1, -0.05) is 59.6 Å². The topological polar surface area (TPSA) is 88.0 Å². The number of hydrogen-bond donors (Lipinski definition) is 2. The maximum absolute atomic E-state index is 12.4. The quantitative estimate of drug-likeness (QED) is 0.163. The van der Waals surface area contributed by atoms with Gasteiger partial charge in [0.05, 0.1) is 22.4 Å². The molecule has 4 aromatic carbocycles. The van der Waals surface area contributed by atoms with Crippen molar-refractivity contribution in [2.24, 2.45) is 5.10 Å². The van der Waals surface area contributed by atoms with E-state index >= 15 is 0 Å². The largest absolute Gasteiger partial charge is 0.507 e. The van der Waals surface area contributed by atoms with Crippen LogP contribution in [0.5, 0.6) is 11.5 Å². The molecule has 33 heavy (non-hydrogen) atoms. The van der Waals surface area contributed by atoms with Crippen molar-refractivity contribution in [1.29, 1.82) is 0 Å². The zero-order valence-electron chi connectivity index (χ0n) is 17.0. The number of amides is 1. The van der Waals surface area contributed by atoms with Crippen molar-refractivity contribution < 1.29 is 19.4 Å². The molecule has 6 nitrogen and oxygen atoms in total. The first-order chi connectivity index (χ1) is 15.9. The highest BCUT2D eigenvalue weighted by molar-refractivity contribution is 6.36. The number of carbonyl (C=O) groups excluding carboxylic acids is 2. The highest BCUT2D eigenvalue weighted by Crippen LogP contribution is 2.25. The molecule has 0 aromatic heterocycles. The lowest BCUT2D eigenvalue weighted by atomic mass is 10.1. The molecule has 2 N–H and O–H groups in total. The van der Waals surface area contributed by atoms with Crippen molar-refractivity contribution in [2.75, 3.05) is 0 Å². The summed E-state index contributed by atoms with van der Waals surface area (Å²) in [4.78, 5) is 24.8. The molecule has 0 fully saturated rings. The Balaban J connectivity index is 1.44. The fourth-order valence-electron chi connectivity index (χ4n) is 3.11. The first-order valence-electron chi connectivity index (χ1n) is 9.73. The minimum atomic E-state index is -0.633. The van der Waals surface area contributed by atoms with Gasteiger partial charge >= 0.3 is 5.97 Å². The molecular formula is C25H16Cl2N2O4. The second-order valence-electron chi connectivity index (χ2n) is 7.00. The fraction of sp³-hybridized carbons (Fsp3) is 0. The standard InChI is InChI=1S/C25H16Cl2N2O4/c26-18-8-9-20(22(27)13-18)25(32)33-19-7-3-4-15(10-19)14-28-29-24(31)21-11-16-5-1-2-6-17(16)12-23(21)30/h1-14,30H,(H,29,31). The average molecular weight is 479 g/mol. The van der Waals surface area contributed by atoms with Gasteiger partial charge in [-0.05, 0) is 58.8 Å². The number of hydrogen-bond acceptors (Lipinski definition) is 5. The summed E-state index contributed by atoms with van der Waals surface area (Å²) in [5, 5.41) is 16.3. The highest BCUT2D eigenvalue weighted by atomic mass is 35.5. The summed E-state index contributed by atoms with van der Waals surface area (Å²) < 4.78 is 5.37. The molecule has 4 rings (SSSR count). The normalized spacial score (nSPS) is 11.0. The molecule has 0 saturated heterocycles. The van der Waals surface area contributed by atoms with Crippen molar-refractivity contribution in [3.05, 3.63) is 106 Å². The molecule has 0 unspecified atom stereocenters. The van der Waals surface area contributed by atoms with Crippen LogP contribution >= 0.6 is 23.2 Å². The molecule has 0 spiro atoms. The van der Waals surface area contributed by atoms with Gasteiger partial charge in [-0.15, -0.1) is 0 Å². The molecule has 4 aromatic rings. The third-order valence-electron chi connectivity index (χ3n) is 4.71. The molecule has 0 aliphatic rings. The SMILES string of the molecule is O=C(NN=Cc1cccc(OC(=O)c2ccc(Cl)cc2Cl)c1)c1cc2ccccc2cc1O. The lowest BCUT2D eigenvalue weighted by Gasteiger charge is -2.07. The monoisotopic (exact) mass is 478 g/mol. The number of aromatic hydroxyl groups is 1. The molecule has 0 radical (unpaired) electrons. The maximum Gasteiger partial charge on any atom is 0.345 e. The van der Waals surface area contributed by atoms with E-state index in [0.29, 0.717) is 10.6 Å². The Kier molecular flexibility index (Phi) is 6.58. The summed E-state index contributed by atoms with van der Waals surface area (Å²) in [6.45, 7) is 0. The fourth-order valence-corrected chi connectivity index (χ4v) is 3.60. The Morgan fingerprint density at radius 2 is 1.64 bits per heavy atom. The van der Waals surface area contributed by atoms with E-state index in [4.69, 9.17) is 27.9 Å². The van der Waals surface area contributed by atoms with E-state index in [1.807, 2.05) is 24.3 Å². The van der Waals surface area contributed by atoms with Gasteiger partial charge in [-0.3, -0.25) is 4.79 Å². The van der Waals surface area contributed by atoms with Crippen molar-refractivity contribution in [2.45, 2.75) is 0 Å². The van der Waals surface area contributed by atoms with Gasteiger partial charge in [0.15, 0.2) is 0 Å². The Morgan fingerprint density at radius 3 is 2.39 bits per heavy atom. The molecule has 0 bridgehead atoms. The Labute approximate surface area is 199 Å². The lowest BCUT2D eigenvalue weighted by molar-refractivity contribution is 0.0734. The summed E-state index contributed by atoms with van der Waals surface area (Å²) in [5.41, 5.74) is 3.25. The van der Waals surface area contributed by atoms with Gasteiger partial charge in [0, 0.05) is 5.02 Å². The van der Waals surface area contributed by atoms with E-state index in [-0.39, 0.29) is 27.6 Å². The van der Waals surface area contributed by atoms with E-state index in [0.717, 1.165) is 10.8 Å². The highest BCUT2D eigenvalue weighted by Gasteiger charge is 2.14. The smallest absolute Gasteiger partial charge is 0.345 e. The second-order valence-corrected chi connectivity index (χ2v) is 7.85. The Hall–Kier alpha value is -3.87. The molecule has 8 heteroatoms. The number of esters is 1. The number of rotatable bonds is 5. The number of fused-ring (bicyclic) bond motifs is 1. The van der Waals surface area contributed by atoms with Crippen LogP contribution in [0.2, 0.25) is 10.0 Å². The van der Waals surface area contributed by atoms with Crippen LogP contribution < -0.4 is 10.2 Å². The summed E-state index contributed by atoms with van der Waals surface area (Å²) in [5.74, 6) is -1.06. The number of halogens is 2. The van der Waals surface area contributed by atoms with Gasteiger partial charge in [0.2, 0.25) is 0 Å². The van der Waals surface area contributed by atoms with Crippen LogP contribution in [0.3, 0.4) is 0 Å². The Morgan fingerprint density at radius 1 is 0.879 bits per heavy atom. The van der Waals surface area contributed by atoms with Crippen LogP contribution in [0.1, 0.15) is 26.3 Å². The molecule has 0 aliphatic heterocycles. The number of nitrogens with one attached hydrogen (secondary N) is 1. The lowest BCUT2D eigenvalue weighted by Crippen LogP contribution is -2.17.